The first-order chi connectivity index (χ1) is 13.6. The van der Waals surface area contributed by atoms with Gasteiger partial charge in [-0.2, -0.15) is 13.2 Å². The summed E-state index contributed by atoms with van der Waals surface area (Å²) in [6.45, 7) is 1.30. The van der Waals surface area contributed by atoms with E-state index >= 15 is 0 Å². The lowest BCUT2D eigenvalue weighted by molar-refractivity contribution is -0.141. The van der Waals surface area contributed by atoms with Gasteiger partial charge in [0.25, 0.3) is 5.91 Å². The van der Waals surface area contributed by atoms with Crippen LogP contribution < -0.4 is 10.6 Å². The van der Waals surface area contributed by atoms with Crippen molar-refractivity contribution >= 4 is 34.0 Å². The number of anilines is 2. The van der Waals surface area contributed by atoms with E-state index in [4.69, 9.17) is 0 Å². The van der Waals surface area contributed by atoms with Gasteiger partial charge in [-0.1, -0.05) is 0 Å². The Morgan fingerprint density at radius 2 is 1.86 bits per heavy atom. The van der Waals surface area contributed by atoms with Crippen molar-refractivity contribution in [2.24, 2.45) is 0 Å². The molecule has 0 aliphatic carbocycles. The molecule has 150 valence electrons. The van der Waals surface area contributed by atoms with E-state index in [2.05, 4.69) is 20.6 Å². The molecule has 0 unspecified atom stereocenters. The monoisotopic (exact) mass is 424 g/mol. The van der Waals surface area contributed by atoms with Crippen molar-refractivity contribution in [2.75, 3.05) is 10.6 Å². The summed E-state index contributed by atoms with van der Waals surface area (Å²) in [5, 5.41) is 6.53. The smallest absolute Gasteiger partial charge is 0.326 e. The molecule has 2 aromatic heterocycles. The van der Waals surface area contributed by atoms with Crippen LogP contribution in [0.15, 0.2) is 41.9 Å². The van der Waals surface area contributed by atoms with Gasteiger partial charge in [0.05, 0.1) is 11.3 Å². The number of pyridine rings is 1. The van der Waals surface area contributed by atoms with Crippen LogP contribution in [0.5, 0.6) is 0 Å². The van der Waals surface area contributed by atoms with Crippen LogP contribution in [-0.4, -0.2) is 21.8 Å². The van der Waals surface area contributed by atoms with E-state index < -0.39 is 23.6 Å². The molecule has 1 aromatic carbocycles. The van der Waals surface area contributed by atoms with Crippen molar-refractivity contribution in [3.05, 3.63) is 59.0 Å². The molecule has 6 nitrogen and oxygen atoms in total. The zero-order valence-corrected chi connectivity index (χ0v) is 15.5. The number of rotatable bonds is 4. The van der Waals surface area contributed by atoms with Crippen molar-refractivity contribution in [2.45, 2.75) is 13.1 Å². The van der Waals surface area contributed by atoms with Gasteiger partial charge in [0, 0.05) is 29.8 Å². The first-order valence-corrected chi connectivity index (χ1v) is 8.89. The maximum absolute atomic E-state index is 14.3. The van der Waals surface area contributed by atoms with Crippen LogP contribution >= 0.6 is 11.3 Å². The fourth-order valence-electron chi connectivity index (χ4n) is 2.32. The fraction of sp³-hybridized carbons (Fsp3) is 0.111. The molecule has 0 aliphatic heterocycles. The summed E-state index contributed by atoms with van der Waals surface area (Å²) in [5.74, 6) is -1.66. The third-order valence-corrected chi connectivity index (χ3v) is 4.36. The predicted octanol–water partition coefficient (Wildman–Crippen LogP) is 4.57. The van der Waals surface area contributed by atoms with Crippen molar-refractivity contribution in [1.29, 1.82) is 0 Å². The Balaban J connectivity index is 1.73. The molecule has 0 fully saturated rings. The third-order valence-electron chi connectivity index (χ3n) is 3.61. The maximum atomic E-state index is 14.3. The highest BCUT2D eigenvalue weighted by Crippen LogP contribution is 2.29. The van der Waals surface area contributed by atoms with Crippen LogP contribution in [0.4, 0.5) is 28.4 Å². The van der Waals surface area contributed by atoms with E-state index in [1.165, 1.54) is 24.4 Å². The minimum Gasteiger partial charge on any atom is -0.326 e. The number of nitrogens with zero attached hydrogens (tertiary/aromatic N) is 2. The van der Waals surface area contributed by atoms with Gasteiger partial charge in [-0.3, -0.25) is 19.9 Å². The second-order valence-electron chi connectivity index (χ2n) is 5.80. The van der Waals surface area contributed by atoms with Gasteiger partial charge in [-0.25, -0.2) is 9.37 Å². The van der Waals surface area contributed by atoms with E-state index in [1.807, 2.05) is 0 Å². The summed E-state index contributed by atoms with van der Waals surface area (Å²) < 4.78 is 51.9. The molecular weight excluding hydrogens is 412 g/mol. The quantitative estimate of drug-likeness (QED) is 0.601. The number of carbonyl (C=O) groups is 2. The highest BCUT2D eigenvalue weighted by molar-refractivity contribution is 7.14. The molecule has 2 amide bonds. The number of carbonyl (C=O) groups excluding carboxylic acids is 2. The summed E-state index contributed by atoms with van der Waals surface area (Å²) in [5.41, 5.74) is -0.489. The Labute approximate surface area is 165 Å². The summed E-state index contributed by atoms with van der Waals surface area (Å²) in [6, 6.07) is 5.78. The molecule has 29 heavy (non-hydrogen) atoms. The van der Waals surface area contributed by atoms with Crippen molar-refractivity contribution < 1.29 is 27.2 Å². The molecule has 0 saturated heterocycles. The summed E-state index contributed by atoms with van der Waals surface area (Å²) in [4.78, 5) is 30.5. The van der Waals surface area contributed by atoms with Gasteiger partial charge < -0.3 is 5.32 Å². The molecule has 0 radical (unpaired) electrons. The molecular formula is C18H12F4N4O2S. The number of benzene rings is 1. The SMILES string of the molecule is CC(=O)Nc1ccc(-c2csc(NC(=O)c3ccc(C(F)(F)F)nc3)n2)c(F)c1. The van der Waals surface area contributed by atoms with Crippen molar-refractivity contribution in [1.82, 2.24) is 9.97 Å². The lowest BCUT2D eigenvalue weighted by Gasteiger charge is -2.06. The van der Waals surface area contributed by atoms with Crippen LogP contribution in [0, 0.1) is 5.82 Å². The normalized spacial score (nSPS) is 11.2. The van der Waals surface area contributed by atoms with Crippen LogP contribution in [0.25, 0.3) is 11.3 Å². The minimum absolute atomic E-state index is 0.0828. The molecule has 2 heterocycles. The second kappa shape index (κ2) is 7.95. The van der Waals surface area contributed by atoms with Gasteiger partial charge >= 0.3 is 6.18 Å². The van der Waals surface area contributed by atoms with Gasteiger partial charge in [-0.15, -0.1) is 11.3 Å². The van der Waals surface area contributed by atoms with Crippen LogP contribution in [-0.2, 0) is 11.0 Å². The standard InChI is InChI=1S/C18H12F4N4O2S/c1-9(27)24-11-3-4-12(13(19)6-11)14-8-29-17(25-14)26-16(28)10-2-5-15(23-7-10)18(20,21)22/h2-8H,1H3,(H,24,27)(H,25,26,28). The topological polar surface area (TPSA) is 84.0 Å². The second-order valence-corrected chi connectivity index (χ2v) is 6.66. The van der Waals surface area contributed by atoms with E-state index in [9.17, 15) is 27.2 Å². The van der Waals surface area contributed by atoms with Crippen LogP contribution in [0.3, 0.4) is 0 Å². The molecule has 0 spiro atoms. The summed E-state index contributed by atoms with van der Waals surface area (Å²) in [7, 11) is 0. The van der Waals surface area contributed by atoms with Gasteiger partial charge in [0.1, 0.15) is 11.5 Å². The molecule has 3 rings (SSSR count). The van der Waals surface area contributed by atoms with Crippen LogP contribution in [0.2, 0.25) is 0 Å². The van der Waals surface area contributed by atoms with E-state index in [1.54, 1.807) is 0 Å². The highest BCUT2D eigenvalue weighted by atomic mass is 32.1. The Morgan fingerprint density at radius 1 is 1.10 bits per heavy atom. The zero-order valence-electron chi connectivity index (χ0n) is 14.7. The number of thiazole rings is 1. The number of amides is 2. The van der Waals surface area contributed by atoms with E-state index in [0.29, 0.717) is 6.07 Å². The maximum Gasteiger partial charge on any atom is 0.433 e. The highest BCUT2D eigenvalue weighted by Gasteiger charge is 2.32. The first-order valence-electron chi connectivity index (χ1n) is 8.01. The predicted molar refractivity (Wildman–Crippen MR) is 99.0 cm³/mol. The molecule has 0 bridgehead atoms. The number of halogens is 4. The van der Waals surface area contributed by atoms with Gasteiger partial charge in [0.15, 0.2) is 5.13 Å². The number of hydrogen-bond donors (Lipinski definition) is 2. The Bertz CT molecular complexity index is 1060. The molecule has 11 heteroatoms. The Hall–Kier alpha value is -3.34. The molecule has 2 N–H and O–H groups in total. The Morgan fingerprint density at radius 3 is 2.45 bits per heavy atom. The van der Waals surface area contributed by atoms with Gasteiger partial charge in [0.2, 0.25) is 5.91 Å². The fourth-order valence-corrected chi connectivity index (χ4v) is 3.03. The number of aromatic nitrogens is 2. The summed E-state index contributed by atoms with van der Waals surface area (Å²) in [6.07, 6.45) is -3.79. The number of nitrogens with one attached hydrogen (secondary N) is 2. The van der Waals surface area contributed by atoms with Crippen molar-refractivity contribution in [3.8, 4) is 11.3 Å². The van der Waals surface area contributed by atoms with Crippen LogP contribution in [0.1, 0.15) is 23.0 Å². The summed E-state index contributed by atoms with van der Waals surface area (Å²) >= 11 is 1.02. The van der Waals surface area contributed by atoms with Gasteiger partial charge in [-0.05, 0) is 30.3 Å². The van der Waals surface area contributed by atoms with E-state index in [-0.39, 0.29) is 33.5 Å². The molecule has 3 aromatic rings. The Kier molecular flexibility index (Phi) is 5.59. The molecule has 0 aliphatic rings. The molecule has 0 saturated carbocycles. The number of alkyl halides is 3. The average Bonchev–Trinajstić information content (AvgIpc) is 3.08. The lowest BCUT2D eigenvalue weighted by Crippen LogP contribution is -2.14. The average molecular weight is 424 g/mol. The lowest BCUT2D eigenvalue weighted by atomic mass is 10.1. The van der Waals surface area contributed by atoms with Crippen molar-refractivity contribution in [3.63, 3.8) is 0 Å². The first kappa shape index (κ1) is 20.4. The zero-order chi connectivity index (χ0) is 21.2. The minimum atomic E-state index is -4.60. The largest absolute Gasteiger partial charge is 0.433 e. The third kappa shape index (κ3) is 4.93. The molecule has 0 atom stereocenters. The van der Waals surface area contributed by atoms with E-state index in [0.717, 1.165) is 29.7 Å². The number of hydrogen-bond acceptors (Lipinski definition) is 5.